The highest BCUT2D eigenvalue weighted by Crippen LogP contribution is 2.34. The van der Waals surface area contributed by atoms with Crippen LogP contribution in [0.5, 0.6) is 11.5 Å². The fourth-order valence-electron chi connectivity index (χ4n) is 3.01. The van der Waals surface area contributed by atoms with Gasteiger partial charge < -0.3 is 14.4 Å². The Hall–Kier alpha value is -2.45. The predicted octanol–water partition coefficient (Wildman–Crippen LogP) is 3.17. The Morgan fingerprint density at radius 3 is 2.24 bits per heavy atom. The number of halogens is 1. The van der Waals surface area contributed by atoms with Crippen LogP contribution in [0.15, 0.2) is 42.5 Å². The first kappa shape index (κ1) is 22.8. The van der Waals surface area contributed by atoms with E-state index in [1.807, 2.05) is 12.1 Å². The number of benzene rings is 2. The summed E-state index contributed by atoms with van der Waals surface area (Å²) in [6.45, 7) is 1.85. The van der Waals surface area contributed by atoms with Gasteiger partial charge in [-0.3, -0.25) is 9.10 Å². The van der Waals surface area contributed by atoms with Crippen molar-refractivity contribution in [3.63, 3.8) is 0 Å². The largest absolute Gasteiger partial charge is 0.497 e. The first-order valence-corrected chi connectivity index (χ1v) is 11.0. The minimum absolute atomic E-state index is 0.209. The summed E-state index contributed by atoms with van der Waals surface area (Å²) in [5.41, 5.74) is 1.10. The molecule has 29 heavy (non-hydrogen) atoms. The van der Waals surface area contributed by atoms with Crippen LogP contribution in [-0.2, 0) is 21.4 Å². The van der Waals surface area contributed by atoms with Crippen molar-refractivity contribution in [3.05, 3.63) is 53.1 Å². The normalized spacial score (nSPS) is 12.2. The molecular weight excluding hydrogens is 416 g/mol. The van der Waals surface area contributed by atoms with E-state index in [0.29, 0.717) is 23.1 Å². The highest BCUT2D eigenvalue weighted by Gasteiger charge is 2.33. The summed E-state index contributed by atoms with van der Waals surface area (Å²) >= 11 is 6.06. The maximum atomic E-state index is 13.0. The number of ether oxygens (including phenoxy) is 2. The number of rotatable bonds is 8. The fourth-order valence-corrected chi connectivity index (χ4v) is 4.34. The third-order valence-electron chi connectivity index (χ3n) is 4.40. The molecule has 0 N–H and O–H groups in total. The third-order valence-corrected chi connectivity index (χ3v) is 5.86. The van der Waals surface area contributed by atoms with E-state index in [9.17, 15) is 13.2 Å². The monoisotopic (exact) mass is 440 g/mol. The molecule has 0 aliphatic carbocycles. The molecule has 0 saturated carbocycles. The second kappa shape index (κ2) is 9.37. The van der Waals surface area contributed by atoms with E-state index < -0.39 is 16.1 Å². The van der Waals surface area contributed by atoms with Crippen molar-refractivity contribution in [2.24, 2.45) is 0 Å². The Bertz CT molecular complexity index is 963. The zero-order valence-corrected chi connectivity index (χ0v) is 18.6. The number of amides is 1. The quantitative estimate of drug-likeness (QED) is 0.630. The molecule has 0 aromatic heterocycles. The summed E-state index contributed by atoms with van der Waals surface area (Å²) in [5, 5.41) is 0.334. The first-order chi connectivity index (χ1) is 13.6. The van der Waals surface area contributed by atoms with Crippen LogP contribution in [0.1, 0.15) is 12.5 Å². The highest BCUT2D eigenvalue weighted by atomic mass is 35.5. The number of hydrogen-bond donors (Lipinski definition) is 0. The Kier molecular flexibility index (Phi) is 7.37. The van der Waals surface area contributed by atoms with Crippen LogP contribution in [0.25, 0.3) is 0 Å². The number of nitrogens with zero attached hydrogens (tertiary/aromatic N) is 2. The molecule has 0 bridgehead atoms. The van der Waals surface area contributed by atoms with Gasteiger partial charge in [-0.1, -0.05) is 23.7 Å². The van der Waals surface area contributed by atoms with E-state index in [1.54, 1.807) is 38.4 Å². The van der Waals surface area contributed by atoms with E-state index in [-0.39, 0.29) is 11.6 Å². The number of methoxy groups -OCH3 is 2. The third kappa shape index (κ3) is 5.55. The number of carbonyl (C=O) groups excluding carboxylic acids is 1. The highest BCUT2D eigenvalue weighted by molar-refractivity contribution is 7.92. The molecule has 1 unspecified atom stereocenters. The van der Waals surface area contributed by atoms with Crippen LogP contribution in [-0.4, -0.2) is 52.8 Å². The Labute approximate surface area is 176 Å². The van der Waals surface area contributed by atoms with Gasteiger partial charge in [0.25, 0.3) is 0 Å². The molecule has 0 fully saturated rings. The average Bonchev–Trinajstić information content (AvgIpc) is 2.67. The van der Waals surface area contributed by atoms with Gasteiger partial charge in [0.05, 0.1) is 26.2 Å². The van der Waals surface area contributed by atoms with Gasteiger partial charge in [-0.15, -0.1) is 0 Å². The summed E-state index contributed by atoms with van der Waals surface area (Å²) in [5.74, 6) is 0.651. The first-order valence-electron chi connectivity index (χ1n) is 8.79. The number of hydrogen-bond acceptors (Lipinski definition) is 5. The maximum Gasteiger partial charge on any atom is 0.246 e. The lowest BCUT2D eigenvalue weighted by molar-refractivity contribution is -0.131. The van der Waals surface area contributed by atoms with Crippen molar-refractivity contribution < 1.29 is 22.7 Å². The lowest BCUT2D eigenvalue weighted by Crippen LogP contribution is -2.48. The van der Waals surface area contributed by atoms with E-state index in [0.717, 1.165) is 16.1 Å². The smallest absolute Gasteiger partial charge is 0.246 e. The van der Waals surface area contributed by atoms with E-state index in [1.165, 1.54) is 25.0 Å². The van der Waals surface area contributed by atoms with Gasteiger partial charge in [0, 0.05) is 18.6 Å². The maximum absolute atomic E-state index is 13.0. The second-order valence-corrected chi connectivity index (χ2v) is 8.89. The van der Waals surface area contributed by atoms with E-state index >= 15 is 0 Å². The van der Waals surface area contributed by atoms with Gasteiger partial charge in [0.2, 0.25) is 15.9 Å². The van der Waals surface area contributed by atoms with Crippen LogP contribution in [0.2, 0.25) is 5.02 Å². The van der Waals surface area contributed by atoms with Crippen molar-refractivity contribution in [2.75, 3.05) is 31.8 Å². The molecule has 2 rings (SSSR count). The fraction of sp³-hybridized carbons (Fsp3) is 0.350. The van der Waals surface area contributed by atoms with E-state index in [4.69, 9.17) is 21.1 Å². The van der Waals surface area contributed by atoms with Gasteiger partial charge in [0.1, 0.15) is 17.5 Å². The minimum atomic E-state index is -3.80. The van der Waals surface area contributed by atoms with E-state index in [2.05, 4.69) is 0 Å². The van der Waals surface area contributed by atoms with Crippen LogP contribution in [0.4, 0.5) is 5.69 Å². The van der Waals surface area contributed by atoms with Gasteiger partial charge in [-0.25, -0.2) is 8.42 Å². The molecule has 9 heteroatoms. The molecule has 1 atom stereocenters. The molecule has 7 nitrogen and oxygen atoms in total. The van der Waals surface area contributed by atoms with Gasteiger partial charge in [0.15, 0.2) is 0 Å². The lowest BCUT2D eigenvalue weighted by atomic mass is 10.2. The molecule has 2 aromatic carbocycles. The van der Waals surface area contributed by atoms with Gasteiger partial charge in [-0.05, 0) is 42.8 Å². The number of anilines is 1. The molecule has 0 radical (unpaired) electrons. The molecule has 0 spiro atoms. The Morgan fingerprint density at radius 2 is 1.72 bits per heavy atom. The van der Waals surface area contributed by atoms with Crippen LogP contribution in [0, 0.1) is 0 Å². The molecular formula is C20H25ClN2O5S. The average molecular weight is 441 g/mol. The van der Waals surface area contributed by atoms with Crippen LogP contribution < -0.4 is 13.8 Å². The van der Waals surface area contributed by atoms with Crippen molar-refractivity contribution in [1.82, 2.24) is 4.90 Å². The summed E-state index contributed by atoms with van der Waals surface area (Å²) in [6, 6.07) is 10.9. The molecule has 0 heterocycles. The van der Waals surface area contributed by atoms with Crippen molar-refractivity contribution in [3.8, 4) is 11.5 Å². The molecule has 2 aromatic rings. The lowest BCUT2D eigenvalue weighted by Gasteiger charge is -2.32. The number of likely N-dealkylation sites (N-methyl/N-ethyl adjacent to an activating group) is 1. The zero-order valence-electron chi connectivity index (χ0n) is 17.0. The summed E-state index contributed by atoms with van der Waals surface area (Å²) < 4.78 is 36.6. The summed E-state index contributed by atoms with van der Waals surface area (Å²) in [4.78, 5) is 14.5. The summed E-state index contributed by atoms with van der Waals surface area (Å²) in [7, 11) is 0.833. The zero-order chi connectivity index (χ0) is 21.8. The topological polar surface area (TPSA) is 76.2 Å². The number of carbonyl (C=O) groups is 1. The predicted molar refractivity (Wildman–Crippen MR) is 114 cm³/mol. The minimum Gasteiger partial charge on any atom is -0.497 e. The van der Waals surface area contributed by atoms with Gasteiger partial charge in [-0.2, -0.15) is 0 Å². The molecule has 1 amide bonds. The Balaban J connectivity index is 2.32. The second-order valence-electron chi connectivity index (χ2n) is 6.59. The number of sulfonamides is 1. The SMILES string of the molecule is COc1ccc(CN(C)C(=O)C(C)N(c2cc(Cl)ccc2OC)S(C)(=O)=O)cc1. The molecule has 0 saturated heterocycles. The van der Waals surface area contributed by atoms with Crippen molar-refractivity contribution >= 4 is 33.2 Å². The molecule has 158 valence electrons. The molecule has 0 aliphatic rings. The van der Waals surface area contributed by atoms with Gasteiger partial charge >= 0.3 is 0 Å². The van der Waals surface area contributed by atoms with Crippen molar-refractivity contribution in [2.45, 2.75) is 19.5 Å². The molecule has 0 aliphatic heterocycles. The Morgan fingerprint density at radius 1 is 1.10 bits per heavy atom. The van der Waals surface area contributed by atoms with Crippen LogP contribution in [0.3, 0.4) is 0 Å². The summed E-state index contributed by atoms with van der Waals surface area (Å²) in [6.07, 6.45) is 1.04. The van der Waals surface area contributed by atoms with Crippen LogP contribution >= 0.6 is 11.6 Å². The standard InChI is InChI=1S/C20H25ClN2O5S/c1-14(20(24)22(2)13-15-6-9-17(27-3)10-7-15)23(29(5,25)26)18-12-16(21)8-11-19(18)28-4/h6-12,14H,13H2,1-5H3. The van der Waals surface area contributed by atoms with Crippen molar-refractivity contribution in [1.29, 1.82) is 0 Å².